The van der Waals surface area contributed by atoms with Gasteiger partial charge in [0.25, 0.3) is 0 Å². The molecular weight excluding hydrogens is 310 g/mol. The molecule has 0 amide bonds. The Balaban J connectivity index is 2.00. The van der Waals surface area contributed by atoms with Crippen LogP contribution in [0.1, 0.15) is 9.68 Å². The van der Waals surface area contributed by atoms with E-state index in [-0.39, 0.29) is 0 Å². The second-order valence-corrected chi connectivity index (χ2v) is 12.2. The molecule has 4 aromatic rings. The quantitative estimate of drug-likeness (QED) is 0.452. The zero-order chi connectivity index (χ0) is 19.4. The van der Waals surface area contributed by atoms with E-state index in [4.69, 9.17) is 8.53 Å². The minimum atomic E-state index is -2.21. The Morgan fingerprint density at radius 2 is 1.83 bits per heavy atom. The SMILES string of the molecule is [2H]C([2H])([2H])c1ccc(-c2ccc([Si](C)(C)C)cn2)c2oc3ccccc3c12. The number of aryl methyl sites for hydroxylation is 1. The van der Waals surface area contributed by atoms with Crippen LogP contribution in [0.4, 0.5) is 0 Å². The van der Waals surface area contributed by atoms with Gasteiger partial charge in [0.15, 0.2) is 0 Å². The van der Waals surface area contributed by atoms with Crippen LogP contribution in [0.3, 0.4) is 0 Å². The molecule has 0 unspecified atom stereocenters. The van der Waals surface area contributed by atoms with Crippen LogP contribution in [-0.2, 0) is 0 Å². The topological polar surface area (TPSA) is 26.0 Å². The molecule has 120 valence electrons. The molecule has 0 saturated heterocycles. The minimum absolute atomic E-state index is 0.310. The Morgan fingerprint density at radius 1 is 1.00 bits per heavy atom. The lowest BCUT2D eigenvalue weighted by atomic mass is 10.0. The summed E-state index contributed by atoms with van der Waals surface area (Å²) in [5, 5.41) is 2.75. The molecule has 0 N–H and O–H groups in total. The van der Waals surface area contributed by atoms with Gasteiger partial charge in [0.05, 0.1) is 13.8 Å². The van der Waals surface area contributed by atoms with Crippen molar-refractivity contribution in [3.63, 3.8) is 0 Å². The molecule has 0 aliphatic heterocycles. The van der Waals surface area contributed by atoms with E-state index in [2.05, 4.69) is 30.7 Å². The molecule has 24 heavy (non-hydrogen) atoms. The number of para-hydroxylation sites is 1. The van der Waals surface area contributed by atoms with Crippen molar-refractivity contribution in [3.05, 3.63) is 60.3 Å². The molecule has 0 atom stereocenters. The largest absolute Gasteiger partial charge is 0.455 e. The number of hydrogen-bond donors (Lipinski definition) is 0. The van der Waals surface area contributed by atoms with Crippen LogP contribution in [0.15, 0.2) is 59.1 Å². The lowest BCUT2D eigenvalue weighted by Crippen LogP contribution is -2.37. The Bertz CT molecular complexity index is 1140. The fourth-order valence-electron chi connectivity index (χ4n) is 3.03. The van der Waals surface area contributed by atoms with Crippen LogP contribution in [0.25, 0.3) is 33.2 Å². The zero-order valence-corrected chi connectivity index (χ0v) is 15.1. The van der Waals surface area contributed by atoms with Crippen LogP contribution >= 0.6 is 0 Å². The molecule has 0 aliphatic rings. The summed E-state index contributed by atoms with van der Waals surface area (Å²) >= 11 is 0. The molecule has 2 nitrogen and oxygen atoms in total. The number of aromatic nitrogens is 1. The van der Waals surface area contributed by atoms with Crippen molar-refractivity contribution in [3.8, 4) is 11.3 Å². The van der Waals surface area contributed by atoms with Crippen molar-refractivity contribution in [2.75, 3.05) is 0 Å². The van der Waals surface area contributed by atoms with Crippen LogP contribution in [-0.4, -0.2) is 13.1 Å². The molecule has 0 saturated carbocycles. The standard InChI is InChI=1S/C21H21NOSi/c1-14-9-11-16(18-12-10-15(13-22-18)24(2,3)4)21-20(14)17-7-5-6-8-19(17)23-21/h5-13H,1-4H3/i1D3. The maximum Gasteiger partial charge on any atom is 0.145 e. The Morgan fingerprint density at radius 3 is 2.54 bits per heavy atom. The van der Waals surface area contributed by atoms with Gasteiger partial charge in [-0.3, -0.25) is 4.98 Å². The van der Waals surface area contributed by atoms with Gasteiger partial charge in [-0.05, 0) is 35.8 Å². The number of hydrogen-bond acceptors (Lipinski definition) is 2. The highest BCUT2D eigenvalue weighted by atomic mass is 28.3. The summed E-state index contributed by atoms with van der Waals surface area (Å²) in [4.78, 5) is 4.66. The minimum Gasteiger partial charge on any atom is -0.455 e. The van der Waals surface area contributed by atoms with E-state index < -0.39 is 14.9 Å². The average Bonchev–Trinajstić information content (AvgIpc) is 2.99. The first-order valence-corrected chi connectivity index (χ1v) is 11.6. The number of furan rings is 1. The van der Waals surface area contributed by atoms with E-state index in [1.807, 2.05) is 42.6 Å². The Hall–Kier alpha value is -2.39. The summed E-state index contributed by atoms with van der Waals surface area (Å²) in [5.41, 5.74) is 3.18. The van der Waals surface area contributed by atoms with Crippen molar-refractivity contribution in [2.45, 2.75) is 26.5 Å². The van der Waals surface area contributed by atoms with Crippen molar-refractivity contribution < 1.29 is 8.53 Å². The summed E-state index contributed by atoms with van der Waals surface area (Å²) in [7, 11) is -1.43. The van der Waals surface area contributed by atoms with E-state index in [1.54, 1.807) is 6.07 Å². The maximum atomic E-state index is 7.92. The lowest BCUT2D eigenvalue weighted by molar-refractivity contribution is 0.669. The first-order valence-electron chi connectivity index (χ1n) is 9.58. The number of benzene rings is 2. The van der Waals surface area contributed by atoms with Crippen LogP contribution in [0.5, 0.6) is 0 Å². The maximum absolute atomic E-state index is 7.92. The third kappa shape index (κ3) is 2.36. The third-order valence-corrected chi connectivity index (χ3v) is 6.46. The van der Waals surface area contributed by atoms with Crippen molar-refractivity contribution in [1.29, 1.82) is 0 Å². The van der Waals surface area contributed by atoms with Gasteiger partial charge in [-0.15, -0.1) is 0 Å². The molecule has 0 fully saturated rings. The number of nitrogens with zero attached hydrogens (tertiary/aromatic N) is 1. The summed E-state index contributed by atoms with van der Waals surface area (Å²) in [5.74, 6) is 0. The Kier molecular flexibility index (Phi) is 2.67. The summed E-state index contributed by atoms with van der Waals surface area (Å²) in [6, 6.07) is 15.2. The van der Waals surface area contributed by atoms with Gasteiger partial charge >= 0.3 is 0 Å². The molecule has 2 heterocycles. The van der Waals surface area contributed by atoms with E-state index in [0.717, 1.165) is 16.6 Å². The molecule has 0 radical (unpaired) electrons. The lowest BCUT2D eigenvalue weighted by Gasteiger charge is -2.16. The van der Waals surface area contributed by atoms with E-state index >= 15 is 0 Å². The summed E-state index contributed by atoms with van der Waals surface area (Å²) in [6.45, 7) is 4.64. The second-order valence-electron chi connectivity index (χ2n) is 7.15. The van der Waals surface area contributed by atoms with Crippen molar-refractivity contribution in [2.24, 2.45) is 0 Å². The third-order valence-electron chi connectivity index (χ3n) is 4.43. The van der Waals surface area contributed by atoms with Gasteiger partial charge < -0.3 is 4.42 Å². The second kappa shape index (κ2) is 5.31. The zero-order valence-electron chi connectivity index (χ0n) is 17.1. The molecule has 2 aromatic carbocycles. The highest BCUT2D eigenvalue weighted by Crippen LogP contribution is 2.36. The van der Waals surface area contributed by atoms with Gasteiger partial charge in [-0.25, -0.2) is 0 Å². The van der Waals surface area contributed by atoms with Crippen molar-refractivity contribution in [1.82, 2.24) is 4.98 Å². The number of pyridine rings is 1. The predicted octanol–water partition coefficient (Wildman–Crippen LogP) is 5.50. The normalized spacial score (nSPS) is 14.5. The van der Waals surface area contributed by atoms with E-state index in [0.29, 0.717) is 22.1 Å². The molecule has 4 rings (SSSR count). The van der Waals surface area contributed by atoms with Crippen LogP contribution < -0.4 is 5.19 Å². The van der Waals surface area contributed by atoms with Gasteiger partial charge in [0.2, 0.25) is 0 Å². The highest BCUT2D eigenvalue weighted by Gasteiger charge is 2.18. The highest BCUT2D eigenvalue weighted by molar-refractivity contribution is 6.88. The molecule has 0 bridgehead atoms. The van der Waals surface area contributed by atoms with Gasteiger partial charge in [0, 0.05) is 26.6 Å². The van der Waals surface area contributed by atoms with Crippen LogP contribution in [0.2, 0.25) is 19.6 Å². The molecular formula is C21H21NOSi. The number of fused-ring (bicyclic) bond motifs is 3. The smallest absolute Gasteiger partial charge is 0.145 e. The fourth-order valence-corrected chi connectivity index (χ4v) is 4.06. The van der Waals surface area contributed by atoms with Crippen LogP contribution in [0, 0.1) is 6.85 Å². The first-order chi connectivity index (χ1) is 12.7. The van der Waals surface area contributed by atoms with E-state index in [1.165, 1.54) is 5.19 Å². The van der Waals surface area contributed by atoms with Gasteiger partial charge in [-0.1, -0.05) is 50.0 Å². The molecule has 3 heteroatoms. The van der Waals surface area contributed by atoms with Gasteiger partial charge in [-0.2, -0.15) is 0 Å². The van der Waals surface area contributed by atoms with Gasteiger partial charge in [0.1, 0.15) is 11.2 Å². The molecule has 0 spiro atoms. The summed E-state index contributed by atoms with van der Waals surface area (Å²) in [6.07, 6.45) is 1.94. The average molecular weight is 335 g/mol. The predicted molar refractivity (Wildman–Crippen MR) is 105 cm³/mol. The number of rotatable bonds is 2. The Labute approximate surface area is 147 Å². The molecule has 2 aromatic heterocycles. The van der Waals surface area contributed by atoms with E-state index in [9.17, 15) is 0 Å². The van der Waals surface area contributed by atoms with Crippen molar-refractivity contribution >= 4 is 35.2 Å². The summed E-state index contributed by atoms with van der Waals surface area (Å²) < 4.78 is 29.9. The fraction of sp³-hybridized carbons (Fsp3) is 0.190. The first kappa shape index (κ1) is 12.0. The monoisotopic (exact) mass is 334 g/mol. The molecule has 0 aliphatic carbocycles.